The van der Waals surface area contributed by atoms with Gasteiger partial charge in [-0.15, -0.1) is 0 Å². The fourth-order valence-corrected chi connectivity index (χ4v) is 2.47. The zero-order valence-corrected chi connectivity index (χ0v) is 11.6. The zero-order chi connectivity index (χ0) is 13.7. The minimum Gasteiger partial charge on any atom is -0.373 e. The summed E-state index contributed by atoms with van der Waals surface area (Å²) in [5.41, 5.74) is 1.12. The van der Waals surface area contributed by atoms with Gasteiger partial charge in [-0.3, -0.25) is 9.69 Å². The topological polar surface area (TPSA) is 41.6 Å². The Balaban J connectivity index is 1.75. The van der Waals surface area contributed by atoms with E-state index in [1.165, 1.54) is 0 Å². The summed E-state index contributed by atoms with van der Waals surface area (Å²) < 4.78 is 5.65. The van der Waals surface area contributed by atoms with Gasteiger partial charge >= 0.3 is 0 Å². The Morgan fingerprint density at radius 1 is 1.26 bits per heavy atom. The fourth-order valence-electron chi connectivity index (χ4n) is 2.47. The largest absolute Gasteiger partial charge is 0.373 e. The molecule has 0 saturated carbocycles. The maximum atomic E-state index is 11.9. The minimum absolute atomic E-state index is 0.0742. The molecule has 0 aromatic heterocycles. The maximum Gasteiger partial charge on any atom is 0.234 e. The standard InChI is InChI=1S/C15H22N2O2/c1-12-9-17(10-13(2)19-12)11-15(18)16-8-14-6-4-3-5-7-14/h3-7,12-13H,8-11H2,1-2H3,(H,16,18)/t12-,13+. The van der Waals surface area contributed by atoms with Crippen molar-refractivity contribution < 1.29 is 9.53 Å². The number of nitrogens with one attached hydrogen (secondary N) is 1. The van der Waals surface area contributed by atoms with E-state index in [9.17, 15) is 4.79 Å². The van der Waals surface area contributed by atoms with Gasteiger partial charge in [0.15, 0.2) is 0 Å². The number of carbonyl (C=O) groups is 1. The second-order valence-corrected chi connectivity index (χ2v) is 5.21. The molecular formula is C15H22N2O2. The van der Waals surface area contributed by atoms with Gasteiger partial charge in [0.1, 0.15) is 0 Å². The Kier molecular flexibility index (Phi) is 4.93. The summed E-state index contributed by atoms with van der Waals surface area (Å²) in [7, 11) is 0. The molecule has 0 radical (unpaired) electrons. The number of rotatable bonds is 4. The van der Waals surface area contributed by atoms with Crippen molar-refractivity contribution in [2.45, 2.75) is 32.6 Å². The van der Waals surface area contributed by atoms with E-state index in [1.54, 1.807) is 0 Å². The molecule has 2 atom stereocenters. The van der Waals surface area contributed by atoms with Crippen LogP contribution >= 0.6 is 0 Å². The van der Waals surface area contributed by atoms with E-state index >= 15 is 0 Å². The van der Waals surface area contributed by atoms with Gasteiger partial charge in [0, 0.05) is 19.6 Å². The van der Waals surface area contributed by atoms with Crippen molar-refractivity contribution >= 4 is 5.91 Å². The first-order valence-electron chi connectivity index (χ1n) is 6.82. The molecule has 1 N–H and O–H groups in total. The Morgan fingerprint density at radius 3 is 2.53 bits per heavy atom. The van der Waals surface area contributed by atoms with Gasteiger partial charge in [-0.2, -0.15) is 0 Å². The maximum absolute atomic E-state index is 11.9. The molecular weight excluding hydrogens is 240 g/mol. The average Bonchev–Trinajstić information content (AvgIpc) is 2.36. The molecule has 1 amide bonds. The minimum atomic E-state index is 0.0742. The van der Waals surface area contributed by atoms with E-state index in [2.05, 4.69) is 10.2 Å². The van der Waals surface area contributed by atoms with E-state index in [0.29, 0.717) is 13.1 Å². The molecule has 0 bridgehead atoms. The van der Waals surface area contributed by atoms with Crippen LogP contribution in [0.15, 0.2) is 30.3 Å². The predicted molar refractivity (Wildman–Crippen MR) is 74.7 cm³/mol. The summed E-state index contributed by atoms with van der Waals surface area (Å²) in [5.74, 6) is 0.0742. The highest BCUT2D eigenvalue weighted by atomic mass is 16.5. The molecule has 0 spiro atoms. The van der Waals surface area contributed by atoms with Gasteiger partial charge in [0.2, 0.25) is 5.91 Å². The molecule has 1 heterocycles. The number of morpholine rings is 1. The summed E-state index contributed by atoms with van der Waals surface area (Å²) >= 11 is 0. The van der Waals surface area contributed by atoms with Gasteiger partial charge in [0.25, 0.3) is 0 Å². The number of hydrogen-bond donors (Lipinski definition) is 1. The zero-order valence-electron chi connectivity index (χ0n) is 11.6. The highest BCUT2D eigenvalue weighted by Crippen LogP contribution is 2.09. The second kappa shape index (κ2) is 6.68. The van der Waals surface area contributed by atoms with Gasteiger partial charge < -0.3 is 10.1 Å². The van der Waals surface area contributed by atoms with Crippen molar-refractivity contribution in [2.24, 2.45) is 0 Å². The molecule has 104 valence electrons. The number of carbonyl (C=O) groups excluding carboxylic acids is 1. The summed E-state index contributed by atoms with van der Waals surface area (Å²) in [4.78, 5) is 14.1. The normalized spacial score (nSPS) is 24.1. The predicted octanol–water partition coefficient (Wildman–Crippen LogP) is 1.41. The van der Waals surface area contributed by atoms with Crippen LogP contribution in [0.3, 0.4) is 0 Å². The van der Waals surface area contributed by atoms with Crippen LogP contribution in [0.2, 0.25) is 0 Å². The van der Waals surface area contributed by atoms with Crippen LogP contribution in [0.4, 0.5) is 0 Å². The van der Waals surface area contributed by atoms with Crippen molar-refractivity contribution in [3.05, 3.63) is 35.9 Å². The van der Waals surface area contributed by atoms with E-state index in [-0.39, 0.29) is 18.1 Å². The van der Waals surface area contributed by atoms with Crippen molar-refractivity contribution in [3.8, 4) is 0 Å². The number of benzene rings is 1. The Hall–Kier alpha value is -1.39. The summed E-state index contributed by atoms with van der Waals surface area (Å²) in [6, 6.07) is 9.96. The quantitative estimate of drug-likeness (QED) is 0.892. The number of ether oxygens (including phenoxy) is 1. The van der Waals surface area contributed by atoms with Gasteiger partial charge in [0.05, 0.1) is 18.8 Å². The Bertz CT molecular complexity index is 398. The van der Waals surface area contributed by atoms with Crippen molar-refractivity contribution in [3.63, 3.8) is 0 Å². The molecule has 0 aliphatic carbocycles. The number of amides is 1. The monoisotopic (exact) mass is 262 g/mol. The van der Waals surface area contributed by atoms with Crippen molar-refractivity contribution in [2.75, 3.05) is 19.6 Å². The van der Waals surface area contributed by atoms with Gasteiger partial charge in [-0.25, -0.2) is 0 Å². The van der Waals surface area contributed by atoms with Gasteiger partial charge in [-0.1, -0.05) is 30.3 Å². The van der Waals surface area contributed by atoms with E-state index in [1.807, 2.05) is 44.2 Å². The van der Waals surface area contributed by atoms with Crippen LogP contribution in [-0.4, -0.2) is 42.6 Å². The van der Waals surface area contributed by atoms with Crippen LogP contribution in [-0.2, 0) is 16.1 Å². The first-order chi connectivity index (χ1) is 9.13. The molecule has 1 fully saturated rings. The highest BCUT2D eigenvalue weighted by Gasteiger charge is 2.23. The Labute approximate surface area is 114 Å². The number of hydrogen-bond acceptors (Lipinski definition) is 3. The summed E-state index contributed by atoms with van der Waals surface area (Å²) in [6.45, 7) is 6.78. The van der Waals surface area contributed by atoms with Crippen molar-refractivity contribution in [1.29, 1.82) is 0 Å². The summed E-state index contributed by atoms with van der Waals surface area (Å²) in [6.07, 6.45) is 0.399. The lowest BCUT2D eigenvalue weighted by atomic mass is 10.2. The molecule has 1 aromatic carbocycles. The third-order valence-electron chi connectivity index (χ3n) is 3.19. The second-order valence-electron chi connectivity index (χ2n) is 5.21. The van der Waals surface area contributed by atoms with Crippen LogP contribution in [0.25, 0.3) is 0 Å². The average molecular weight is 262 g/mol. The molecule has 1 aliphatic rings. The molecule has 1 aromatic rings. The lowest BCUT2D eigenvalue weighted by Gasteiger charge is -2.34. The van der Waals surface area contributed by atoms with Gasteiger partial charge in [-0.05, 0) is 19.4 Å². The molecule has 1 saturated heterocycles. The molecule has 0 unspecified atom stereocenters. The lowest BCUT2D eigenvalue weighted by Crippen LogP contribution is -2.49. The molecule has 19 heavy (non-hydrogen) atoms. The van der Waals surface area contributed by atoms with Crippen LogP contribution in [0, 0.1) is 0 Å². The molecule has 4 nitrogen and oxygen atoms in total. The van der Waals surface area contributed by atoms with Crippen molar-refractivity contribution in [1.82, 2.24) is 10.2 Å². The van der Waals surface area contributed by atoms with Crippen LogP contribution in [0.1, 0.15) is 19.4 Å². The smallest absolute Gasteiger partial charge is 0.234 e. The van der Waals surface area contributed by atoms with E-state index in [4.69, 9.17) is 4.74 Å². The van der Waals surface area contributed by atoms with E-state index < -0.39 is 0 Å². The first kappa shape index (κ1) is 14.0. The first-order valence-corrected chi connectivity index (χ1v) is 6.82. The third-order valence-corrected chi connectivity index (χ3v) is 3.19. The molecule has 4 heteroatoms. The fraction of sp³-hybridized carbons (Fsp3) is 0.533. The highest BCUT2D eigenvalue weighted by molar-refractivity contribution is 5.78. The lowest BCUT2D eigenvalue weighted by molar-refractivity contribution is -0.126. The third kappa shape index (κ3) is 4.65. The number of nitrogens with zero attached hydrogens (tertiary/aromatic N) is 1. The SMILES string of the molecule is C[C@@H]1CN(CC(=O)NCc2ccccc2)C[C@H](C)O1. The van der Waals surface area contributed by atoms with E-state index in [0.717, 1.165) is 18.7 Å². The Morgan fingerprint density at radius 2 is 1.89 bits per heavy atom. The molecule has 1 aliphatic heterocycles. The summed E-state index contributed by atoms with van der Waals surface area (Å²) in [5, 5.41) is 2.95. The van der Waals surface area contributed by atoms with Crippen LogP contribution in [0.5, 0.6) is 0 Å². The van der Waals surface area contributed by atoms with Crippen LogP contribution < -0.4 is 5.32 Å². The molecule has 2 rings (SSSR count).